The summed E-state index contributed by atoms with van der Waals surface area (Å²) in [4.78, 5) is 15.1. The minimum atomic E-state index is -4.20. The topological polar surface area (TPSA) is 77.9 Å². The lowest BCUT2D eigenvalue weighted by Gasteiger charge is -2.29. The van der Waals surface area contributed by atoms with Gasteiger partial charge in [0.1, 0.15) is 10.7 Å². The lowest BCUT2D eigenvalue weighted by molar-refractivity contribution is 0.0730. The van der Waals surface area contributed by atoms with E-state index < -0.39 is 15.8 Å². The van der Waals surface area contributed by atoms with Gasteiger partial charge in [-0.1, -0.05) is 89.9 Å². The van der Waals surface area contributed by atoms with Crippen LogP contribution in [0.3, 0.4) is 0 Å². The Morgan fingerprint density at radius 2 is 1.30 bits per heavy atom. The van der Waals surface area contributed by atoms with Gasteiger partial charge >= 0.3 is 0 Å². The summed E-state index contributed by atoms with van der Waals surface area (Å²) < 4.78 is 42.9. The molecule has 1 N–H and O–H groups in total. The van der Waals surface area contributed by atoms with E-state index in [1.54, 1.807) is 59.5 Å². The summed E-state index contributed by atoms with van der Waals surface area (Å²) in [6, 6.07) is 20.2. The summed E-state index contributed by atoms with van der Waals surface area (Å²) in [6.07, 6.45) is 4.98. The first-order valence-corrected chi connectivity index (χ1v) is 18.1. The van der Waals surface area contributed by atoms with E-state index in [0.717, 1.165) is 43.2 Å². The molecular formula is C35H33Cl4FN2O4S. The number of hydrogen-bond donors (Lipinski definition) is 1. The van der Waals surface area contributed by atoms with Gasteiger partial charge in [0.2, 0.25) is 10.0 Å². The van der Waals surface area contributed by atoms with Gasteiger partial charge in [0.25, 0.3) is 5.91 Å². The number of aromatic hydroxyl groups is 1. The number of phenols is 1. The highest BCUT2D eigenvalue weighted by molar-refractivity contribution is 7.89. The number of nitrogens with zero attached hydrogens (tertiary/aromatic N) is 2. The molecule has 0 aromatic heterocycles. The zero-order valence-electron chi connectivity index (χ0n) is 25.3. The van der Waals surface area contributed by atoms with Crippen molar-refractivity contribution in [2.75, 3.05) is 6.54 Å². The number of phenolic OH excluding ortho intramolecular Hbond substituents is 1. The summed E-state index contributed by atoms with van der Waals surface area (Å²) in [6.45, 7) is 0.666. The maximum absolute atomic E-state index is 14.0. The van der Waals surface area contributed by atoms with Crippen molar-refractivity contribution in [2.24, 2.45) is 5.92 Å². The maximum Gasteiger partial charge on any atom is 0.254 e. The van der Waals surface area contributed by atoms with Crippen molar-refractivity contribution < 1.29 is 22.7 Å². The first-order valence-electron chi connectivity index (χ1n) is 15.1. The predicted octanol–water partition coefficient (Wildman–Crippen LogP) is 9.76. The molecule has 0 spiro atoms. The largest absolute Gasteiger partial charge is 0.505 e. The lowest BCUT2D eigenvalue weighted by Crippen LogP contribution is -2.35. The van der Waals surface area contributed by atoms with Gasteiger partial charge in [-0.15, -0.1) is 0 Å². The number of halogens is 5. The molecule has 1 aliphatic carbocycles. The lowest BCUT2D eigenvalue weighted by atomic mass is 9.89. The van der Waals surface area contributed by atoms with E-state index in [4.69, 9.17) is 46.4 Å². The minimum Gasteiger partial charge on any atom is -0.505 e. The third-order valence-corrected chi connectivity index (χ3v) is 11.0. The Bertz CT molecular complexity index is 1810. The smallest absolute Gasteiger partial charge is 0.254 e. The van der Waals surface area contributed by atoms with E-state index in [9.17, 15) is 22.7 Å². The van der Waals surface area contributed by atoms with Crippen LogP contribution in [0, 0.1) is 11.7 Å². The van der Waals surface area contributed by atoms with E-state index in [-0.39, 0.29) is 58.8 Å². The summed E-state index contributed by atoms with van der Waals surface area (Å²) in [5.41, 5.74) is 2.49. The zero-order valence-corrected chi connectivity index (χ0v) is 29.2. The second kappa shape index (κ2) is 15.6. The molecule has 4 aromatic rings. The first-order chi connectivity index (χ1) is 22.4. The van der Waals surface area contributed by atoms with Crippen molar-refractivity contribution in [3.63, 3.8) is 0 Å². The Morgan fingerprint density at radius 1 is 0.745 bits per heavy atom. The fourth-order valence-corrected chi connectivity index (χ4v) is 8.67. The quantitative estimate of drug-likeness (QED) is 0.166. The average molecular weight is 739 g/mol. The number of benzene rings is 4. The highest BCUT2D eigenvalue weighted by Gasteiger charge is 2.32. The number of hydrogen-bond acceptors (Lipinski definition) is 4. The van der Waals surface area contributed by atoms with Crippen LogP contribution in [0.2, 0.25) is 20.1 Å². The Labute approximate surface area is 294 Å². The monoisotopic (exact) mass is 736 g/mol. The molecule has 1 amide bonds. The molecule has 12 heteroatoms. The van der Waals surface area contributed by atoms with Crippen molar-refractivity contribution in [1.29, 1.82) is 0 Å². The van der Waals surface area contributed by atoms with Gasteiger partial charge in [-0.05, 0) is 90.0 Å². The van der Waals surface area contributed by atoms with Gasteiger partial charge in [0, 0.05) is 46.8 Å². The standard InChI is InChI=1S/C35H33Cl4FN2O4S/c36-28-14-26(15-29(37)16-28)20-41(19-24-8-12-31(40)13-9-24)35(44)27-10-6-25(7-11-27)22-42(21-23-4-2-1-3-5-23)47(45,46)33-18-30(38)17-32(39)34(33)43/h6-18,23,43H,1-5,19-22H2. The van der Waals surface area contributed by atoms with E-state index in [1.807, 2.05) is 0 Å². The van der Waals surface area contributed by atoms with Crippen molar-refractivity contribution >= 4 is 62.3 Å². The van der Waals surface area contributed by atoms with Crippen LogP contribution in [0.4, 0.5) is 4.39 Å². The van der Waals surface area contributed by atoms with Gasteiger partial charge in [0.05, 0.1) is 5.02 Å². The summed E-state index contributed by atoms with van der Waals surface area (Å²) >= 11 is 24.7. The molecule has 1 aliphatic rings. The molecule has 6 nitrogen and oxygen atoms in total. The zero-order chi connectivity index (χ0) is 33.7. The second-order valence-electron chi connectivity index (χ2n) is 11.8. The molecule has 0 heterocycles. The van der Waals surface area contributed by atoms with Crippen LogP contribution >= 0.6 is 46.4 Å². The minimum absolute atomic E-state index is 0.0111. The molecule has 1 saturated carbocycles. The summed E-state index contributed by atoms with van der Waals surface area (Å²) in [7, 11) is -4.20. The molecule has 4 aromatic carbocycles. The fourth-order valence-electron chi connectivity index (χ4n) is 5.85. The maximum atomic E-state index is 14.0. The van der Waals surface area contributed by atoms with E-state index >= 15 is 0 Å². The first kappa shape index (κ1) is 35.5. The molecule has 0 saturated heterocycles. The van der Waals surface area contributed by atoms with Gasteiger partial charge < -0.3 is 10.0 Å². The van der Waals surface area contributed by atoms with Crippen molar-refractivity contribution in [2.45, 2.75) is 56.6 Å². The van der Waals surface area contributed by atoms with Gasteiger partial charge in [-0.3, -0.25) is 4.79 Å². The Kier molecular flexibility index (Phi) is 11.8. The summed E-state index contributed by atoms with van der Waals surface area (Å²) in [5, 5.41) is 11.4. The molecular weight excluding hydrogens is 705 g/mol. The highest BCUT2D eigenvalue weighted by atomic mass is 35.5. The van der Waals surface area contributed by atoms with Gasteiger partial charge in [0.15, 0.2) is 5.75 Å². The van der Waals surface area contributed by atoms with E-state index in [2.05, 4.69) is 0 Å². The molecule has 5 rings (SSSR count). The third kappa shape index (κ3) is 9.19. The molecule has 0 aliphatic heterocycles. The van der Waals surface area contributed by atoms with Gasteiger partial charge in [-0.2, -0.15) is 4.31 Å². The van der Waals surface area contributed by atoms with Gasteiger partial charge in [-0.25, -0.2) is 12.8 Å². The van der Waals surface area contributed by atoms with Crippen LogP contribution in [-0.4, -0.2) is 35.2 Å². The number of sulfonamides is 1. The van der Waals surface area contributed by atoms with Crippen LogP contribution in [0.1, 0.15) is 59.2 Å². The number of amides is 1. The molecule has 0 unspecified atom stereocenters. The molecule has 0 radical (unpaired) electrons. The van der Waals surface area contributed by atoms with Crippen LogP contribution in [0.5, 0.6) is 5.75 Å². The number of rotatable bonds is 11. The van der Waals surface area contributed by atoms with Crippen molar-refractivity contribution in [3.8, 4) is 5.75 Å². The number of carbonyl (C=O) groups is 1. The SMILES string of the molecule is O=C(c1ccc(CN(CC2CCCCC2)S(=O)(=O)c2cc(Cl)cc(Cl)c2O)cc1)N(Cc1ccc(F)cc1)Cc1cc(Cl)cc(Cl)c1. The molecule has 0 atom stereocenters. The normalized spacial score (nSPS) is 14.0. The molecule has 0 bridgehead atoms. The van der Waals surface area contributed by atoms with Crippen LogP contribution in [0.25, 0.3) is 0 Å². The number of carbonyl (C=O) groups excluding carboxylic acids is 1. The second-order valence-corrected chi connectivity index (χ2v) is 15.4. The Morgan fingerprint density at radius 3 is 1.94 bits per heavy atom. The predicted molar refractivity (Wildman–Crippen MR) is 185 cm³/mol. The highest BCUT2D eigenvalue weighted by Crippen LogP contribution is 2.37. The van der Waals surface area contributed by atoms with Crippen LogP contribution in [-0.2, 0) is 29.7 Å². The van der Waals surface area contributed by atoms with Crippen molar-refractivity contribution in [1.82, 2.24) is 9.21 Å². The van der Waals surface area contributed by atoms with Crippen LogP contribution in [0.15, 0.2) is 83.8 Å². The van der Waals surface area contributed by atoms with E-state index in [1.165, 1.54) is 28.6 Å². The molecule has 248 valence electrons. The fraction of sp³-hybridized carbons (Fsp3) is 0.286. The van der Waals surface area contributed by atoms with Crippen molar-refractivity contribution in [3.05, 3.63) is 127 Å². The Balaban J connectivity index is 1.41. The molecule has 47 heavy (non-hydrogen) atoms. The Hall–Kier alpha value is -2.85. The molecule has 1 fully saturated rings. The van der Waals surface area contributed by atoms with E-state index in [0.29, 0.717) is 21.2 Å². The summed E-state index contributed by atoms with van der Waals surface area (Å²) in [5.74, 6) is -1.05. The third-order valence-electron chi connectivity index (χ3n) is 8.23. The average Bonchev–Trinajstić information content (AvgIpc) is 3.03. The van der Waals surface area contributed by atoms with Crippen LogP contribution < -0.4 is 0 Å².